The molecule has 0 bridgehead atoms. The van der Waals surface area contributed by atoms with E-state index in [0.29, 0.717) is 22.5 Å². The first-order chi connectivity index (χ1) is 17.6. The quantitative estimate of drug-likeness (QED) is 0.251. The van der Waals surface area contributed by atoms with Crippen LogP contribution in [0.1, 0.15) is 51.3 Å². The molecule has 1 unspecified atom stereocenters. The third-order valence-corrected chi connectivity index (χ3v) is 7.52. The minimum Gasteiger partial charge on any atom is -0.487 e. The molecule has 0 radical (unpaired) electrons. The zero-order valence-electron chi connectivity index (χ0n) is 21.7. The van der Waals surface area contributed by atoms with Gasteiger partial charge in [0.2, 0.25) is 12.5 Å². The van der Waals surface area contributed by atoms with E-state index in [1.807, 2.05) is 13.8 Å². The molecule has 1 aliphatic carbocycles. The standard InChI is InChI=1S/C27H30O10/c1-7-13(2)25(30)37-21-15(4)14(3)8-16(9-19(28)32-5)27(24(29)26(31)33-6)11-34-23-20(27)17(21)10-18-22(23)36-12-35-18/h7,9-10,14-15,21H,8,11-12H2,1-6H3/b13-7?,16-9+/t14-,15-,21-,27?/m1/s1. The molecule has 4 rings (SSSR count). The normalized spacial score (nSPS) is 26.9. The first kappa shape index (κ1) is 26.2. The van der Waals surface area contributed by atoms with Crippen LogP contribution < -0.4 is 14.2 Å². The molecule has 4 atom stereocenters. The maximum atomic E-state index is 13.9. The second-order valence-corrected chi connectivity index (χ2v) is 9.45. The van der Waals surface area contributed by atoms with Gasteiger partial charge in [-0.15, -0.1) is 0 Å². The third kappa shape index (κ3) is 4.14. The highest BCUT2D eigenvalue weighted by Gasteiger charge is 2.58. The van der Waals surface area contributed by atoms with Crippen LogP contribution in [0.15, 0.2) is 29.4 Å². The number of fused-ring (bicyclic) bond motifs is 2. The molecule has 1 aromatic carbocycles. The zero-order valence-corrected chi connectivity index (χ0v) is 21.7. The van der Waals surface area contributed by atoms with E-state index in [0.717, 1.165) is 7.11 Å². The van der Waals surface area contributed by atoms with Gasteiger partial charge >= 0.3 is 17.9 Å². The molecular weight excluding hydrogens is 484 g/mol. The minimum absolute atomic E-state index is 0.0779. The lowest BCUT2D eigenvalue weighted by molar-refractivity contribution is -0.154. The van der Waals surface area contributed by atoms with Crippen molar-refractivity contribution in [2.24, 2.45) is 11.8 Å². The van der Waals surface area contributed by atoms with Gasteiger partial charge < -0.3 is 28.4 Å². The molecule has 0 saturated carbocycles. The molecule has 2 aliphatic heterocycles. The molecule has 198 valence electrons. The Bertz CT molecular complexity index is 1230. The lowest BCUT2D eigenvalue weighted by atomic mass is 9.63. The van der Waals surface area contributed by atoms with Gasteiger partial charge in [-0.3, -0.25) is 4.79 Å². The Labute approximate surface area is 214 Å². The van der Waals surface area contributed by atoms with Crippen LogP contribution in [0, 0.1) is 11.8 Å². The Morgan fingerprint density at radius 1 is 1.03 bits per heavy atom. The van der Waals surface area contributed by atoms with Crippen molar-refractivity contribution in [2.45, 2.75) is 45.6 Å². The number of Topliss-reactive ketones (excluding diaryl/α,β-unsaturated/α-hetero) is 1. The van der Waals surface area contributed by atoms with Crippen LogP contribution in [0.4, 0.5) is 0 Å². The number of rotatable bonds is 5. The first-order valence-corrected chi connectivity index (χ1v) is 12.0. The minimum atomic E-state index is -1.73. The number of benzene rings is 1. The van der Waals surface area contributed by atoms with Crippen LogP contribution in [0.5, 0.6) is 17.2 Å². The SMILES string of the molecule is CC=C(C)C(=O)O[C@H]1c2cc3c(c4c2C(C(=O)C(=O)OC)(CO4)/C(=C/C(=O)OC)C[C@@H](C)[C@H]1C)OCO3. The Morgan fingerprint density at radius 3 is 2.41 bits per heavy atom. The van der Waals surface area contributed by atoms with Crippen molar-refractivity contribution in [1.82, 2.24) is 0 Å². The lowest BCUT2D eigenvalue weighted by Gasteiger charge is -2.39. The largest absolute Gasteiger partial charge is 0.487 e. The highest BCUT2D eigenvalue weighted by Crippen LogP contribution is 2.59. The van der Waals surface area contributed by atoms with Crippen molar-refractivity contribution in [3.63, 3.8) is 0 Å². The lowest BCUT2D eigenvalue weighted by Crippen LogP contribution is -2.47. The summed E-state index contributed by atoms with van der Waals surface area (Å²) in [5.41, 5.74) is -0.263. The van der Waals surface area contributed by atoms with E-state index in [1.54, 1.807) is 26.0 Å². The van der Waals surface area contributed by atoms with E-state index in [2.05, 4.69) is 0 Å². The van der Waals surface area contributed by atoms with Crippen LogP contribution >= 0.6 is 0 Å². The molecule has 0 fully saturated rings. The fourth-order valence-corrected chi connectivity index (χ4v) is 5.10. The highest BCUT2D eigenvalue weighted by molar-refractivity contribution is 6.38. The van der Waals surface area contributed by atoms with E-state index in [1.165, 1.54) is 13.2 Å². The second kappa shape index (κ2) is 9.91. The number of allylic oxidation sites excluding steroid dienone is 1. The third-order valence-electron chi connectivity index (χ3n) is 7.52. The summed E-state index contributed by atoms with van der Waals surface area (Å²) in [5.74, 6) is -2.87. The van der Waals surface area contributed by atoms with Crippen molar-refractivity contribution in [2.75, 3.05) is 27.6 Å². The number of hydrogen-bond acceptors (Lipinski definition) is 10. The molecule has 0 aromatic heterocycles. The summed E-state index contributed by atoms with van der Waals surface area (Å²) in [5, 5.41) is 0. The van der Waals surface area contributed by atoms with Crippen LogP contribution in [-0.2, 0) is 38.8 Å². The molecular formula is C27H30O10. The van der Waals surface area contributed by atoms with E-state index in [-0.39, 0.29) is 48.7 Å². The number of esters is 3. The van der Waals surface area contributed by atoms with Crippen molar-refractivity contribution in [3.05, 3.63) is 40.5 Å². The molecule has 0 saturated heterocycles. The predicted octanol–water partition coefficient (Wildman–Crippen LogP) is 3.11. The molecule has 0 spiro atoms. The van der Waals surface area contributed by atoms with E-state index < -0.39 is 35.2 Å². The molecule has 10 nitrogen and oxygen atoms in total. The number of carbonyl (C=O) groups excluding carboxylic acids is 4. The fraction of sp³-hybridized carbons (Fsp3) is 0.481. The van der Waals surface area contributed by atoms with Gasteiger partial charge in [-0.25, -0.2) is 14.4 Å². The van der Waals surface area contributed by atoms with Crippen molar-refractivity contribution < 1.29 is 47.6 Å². The topological polar surface area (TPSA) is 124 Å². The summed E-state index contributed by atoms with van der Waals surface area (Å²) in [4.78, 5) is 52.0. The monoisotopic (exact) mass is 514 g/mol. The van der Waals surface area contributed by atoms with Gasteiger partial charge in [0.1, 0.15) is 18.1 Å². The highest BCUT2D eigenvalue weighted by atomic mass is 16.7. The molecule has 0 amide bonds. The van der Waals surface area contributed by atoms with Gasteiger partial charge in [0.05, 0.1) is 14.2 Å². The van der Waals surface area contributed by atoms with Crippen LogP contribution in [0.2, 0.25) is 0 Å². The second-order valence-electron chi connectivity index (χ2n) is 9.45. The maximum absolute atomic E-state index is 13.9. The molecule has 3 aliphatic rings. The van der Waals surface area contributed by atoms with Crippen LogP contribution in [-0.4, -0.2) is 51.3 Å². The number of methoxy groups -OCH3 is 2. The molecule has 37 heavy (non-hydrogen) atoms. The number of carbonyl (C=O) groups is 4. The van der Waals surface area contributed by atoms with Crippen molar-refractivity contribution in [1.29, 1.82) is 0 Å². The number of ketones is 1. The first-order valence-electron chi connectivity index (χ1n) is 12.0. The van der Waals surface area contributed by atoms with Crippen LogP contribution in [0.25, 0.3) is 0 Å². The maximum Gasteiger partial charge on any atom is 0.375 e. The summed E-state index contributed by atoms with van der Waals surface area (Å²) in [6.07, 6.45) is 2.26. The average Bonchev–Trinajstić information content (AvgIpc) is 3.53. The average molecular weight is 515 g/mol. The summed E-state index contributed by atoms with van der Waals surface area (Å²) in [6.45, 7) is 6.86. The van der Waals surface area contributed by atoms with E-state index in [9.17, 15) is 19.2 Å². The Kier molecular flexibility index (Phi) is 7.03. The fourth-order valence-electron chi connectivity index (χ4n) is 5.10. The summed E-state index contributed by atoms with van der Waals surface area (Å²) in [6, 6.07) is 1.66. The Hall–Kier alpha value is -3.82. The zero-order chi connectivity index (χ0) is 27.1. The molecule has 0 N–H and O–H groups in total. The van der Waals surface area contributed by atoms with Gasteiger partial charge in [-0.1, -0.05) is 19.9 Å². The van der Waals surface area contributed by atoms with Crippen LogP contribution in [0.3, 0.4) is 0 Å². The Balaban J connectivity index is 2.08. The van der Waals surface area contributed by atoms with Gasteiger partial charge in [0.25, 0.3) is 5.78 Å². The van der Waals surface area contributed by atoms with Gasteiger partial charge in [0.15, 0.2) is 11.5 Å². The molecule has 2 heterocycles. The van der Waals surface area contributed by atoms with E-state index >= 15 is 0 Å². The van der Waals surface area contributed by atoms with Crippen molar-refractivity contribution >= 4 is 23.7 Å². The Morgan fingerprint density at radius 2 is 1.76 bits per heavy atom. The summed E-state index contributed by atoms with van der Waals surface area (Å²) in [7, 11) is 2.33. The molecule has 1 aromatic rings. The summed E-state index contributed by atoms with van der Waals surface area (Å²) >= 11 is 0. The smallest absolute Gasteiger partial charge is 0.375 e. The van der Waals surface area contributed by atoms with Gasteiger partial charge in [0, 0.05) is 28.7 Å². The predicted molar refractivity (Wildman–Crippen MR) is 128 cm³/mol. The van der Waals surface area contributed by atoms with Crippen molar-refractivity contribution in [3.8, 4) is 17.2 Å². The van der Waals surface area contributed by atoms with Gasteiger partial charge in [-0.2, -0.15) is 0 Å². The van der Waals surface area contributed by atoms with Gasteiger partial charge in [-0.05, 0) is 37.8 Å². The molecule has 10 heteroatoms. The number of hydrogen-bond donors (Lipinski definition) is 0. The number of ether oxygens (including phenoxy) is 6. The van der Waals surface area contributed by atoms with E-state index in [4.69, 9.17) is 28.4 Å². The summed E-state index contributed by atoms with van der Waals surface area (Å²) < 4.78 is 33.1.